The molecule has 0 aliphatic heterocycles. The summed E-state index contributed by atoms with van der Waals surface area (Å²) in [6.07, 6.45) is 1.53. The second-order valence-electron chi connectivity index (χ2n) is 5.23. The summed E-state index contributed by atoms with van der Waals surface area (Å²) in [7, 11) is 1.74. The number of aryl methyl sites for hydroxylation is 1. The average Bonchev–Trinajstić information content (AvgIpc) is 3.22. The van der Waals surface area contributed by atoms with Crippen LogP contribution in [0.25, 0.3) is 21.5 Å². The van der Waals surface area contributed by atoms with Gasteiger partial charge in [0, 0.05) is 11.9 Å². The number of rotatable bonds is 3. The Balaban J connectivity index is 1.65. The van der Waals surface area contributed by atoms with Gasteiger partial charge < -0.3 is 0 Å². The van der Waals surface area contributed by atoms with Crippen LogP contribution in [-0.2, 0) is 13.6 Å². The van der Waals surface area contributed by atoms with Crippen LogP contribution in [0.15, 0.2) is 52.8 Å². The second-order valence-corrected chi connectivity index (χ2v) is 6.18. The predicted octanol–water partition coefficient (Wildman–Crippen LogP) is 2.30. The van der Waals surface area contributed by atoms with Gasteiger partial charge in [-0.3, -0.25) is 4.79 Å². The second kappa shape index (κ2) is 5.44. The third kappa shape index (κ3) is 2.44. The van der Waals surface area contributed by atoms with Crippen molar-refractivity contribution < 1.29 is 0 Å². The molecule has 4 rings (SSSR count). The zero-order valence-electron chi connectivity index (χ0n) is 12.4. The first-order valence-electron chi connectivity index (χ1n) is 7.11. The number of thiophene rings is 1. The van der Waals surface area contributed by atoms with Crippen LogP contribution in [-0.4, -0.2) is 24.8 Å². The van der Waals surface area contributed by atoms with E-state index in [9.17, 15) is 4.79 Å². The van der Waals surface area contributed by atoms with Crippen molar-refractivity contribution >= 4 is 22.4 Å². The lowest BCUT2D eigenvalue weighted by atomic mass is 10.1. The van der Waals surface area contributed by atoms with Gasteiger partial charge in [0.25, 0.3) is 5.56 Å². The highest BCUT2D eigenvalue weighted by atomic mass is 32.1. The molecule has 0 aliphatic rings. The Morgan fingerprint density at radius 2 is 2.00 bits per heavy atom. The highest BCUT2D eigenvalue weighted by Crippen LogP contribution is 2.24. The van der Waals surface area contributed by atoms with Gasteiger partial charge in [-0.25, -0.2) is 9.36 Å². The normalized spacial score (nSPS) is 11.2. The molecule has 3 heterocycles. The smallest absolute Gasteiger partial charge is 0.267 e. The van der Waals surface area contributed by atoms with E-state index in [0.29, 0.717) is 17.6 Å². The molecule has 0 amide bonds. The maximum atomic E-state index is 12.4. The molecular formula is C16H13N5OS. The molecule has 3 aromatic heterocycles. The molecule has 114 valence electrons. The highest BCUT2D eigenvalue weighted by Gasteiger charge is 2.10. The topological polar surface area (TPSA) is 65.6 Å². The molecule has 0 bridgehead atoms. The maximum Gasteiger partial charge on any atom is 0.281 e. The summed E-state index contributed by atoms with van der Waals surface area (Å²) in [6, 6.07) is 12.3. The molecule has 0 atom stereocenters. The summed E-state index contributed by atoms with van der Waals surface area (Å²) in [6.45, 7) is 0.390. The van der Waals surface area contributed by atoms with Crippen molar-refractivity contribution in [2.45, 2.75) is 6.54 Å². The van der Waals surface area contributed by atoms with E-state index in [0.717, 1.165) is 5.56 Å². The maximum absolute atomic E-state index is 12.4. The van der Waals surface area contributed by atoms with E-state index in [2.05, 4.69) is 39.0 Å². The van der Waals surface area contributed by atoms with E-state index in [4.69, 9.17) is 0 Å². The molecule has 0 spiro atoms. The Morgan fingerprint density at radius 1 is 1.17 bits per heavy atom. The summed E-state index contributed by atoms with van der Waals surface area (Å²) in [4.78, 5) is 13.6. The Hall–Kier alpha value is -2.80. The summed E-state index contributed by atoms with van der Waals surface area (Å²) in [5.74, 6) is 0. The molecule has 0 saturated carbocycles. The first-order valence-corrected chi connectivity index (χ1v) is 7.99. The van der Waals surface area contributed by atoms with E-state index in [-0.39, 0.29) is 5.56 Å². The van der Waals surface area contributed by atoms with Gasteiger partial charge in [0.15, 0.2) is 5.65 Å². The molecule has 23 heavy (non-hydrogen) atoms. The SMILES string of the molecule is Cn1ncc2c(=O)n(Cc3ccc(-c4cccs4)cc3)nnc21. The van der Waals surface area contributed by atoms with Gasteiger partial charge in [-0.15, -0.1) is 16.4 Å². The quantitative estimate of drug-likeness (QED) is 0.580. The van der Waals surface area contributed by atoms with Gasteiger partial charge in [0.2, 0.25) is 0 Å². The zero-order chi connectivity index (χ0) is 15.8. The lowest BCUT2D eigenvalue weighted by Gasteiger charge is -2.05. The number of aromatic nitrogens is 5. The largest absolute Gasteiger partial charge is 0.281 e. The van der Waals surface area contributed by atoms with Crippen LogP contribution in [0.2, 0.25) is 0 Å². The Morgan fingerprint density at radius 3 is 2.74 bits per heavy atom. The molecular weight excluding hydrogens is 310 g/mol. The fourth-order valence-corrected chi connectivity index (χ4v) is 3.20. The molecule has 0 unspecified atom stereocenters. The van der Waals surface area contributed by atoms with Crippen LogP contribution >= 0.6 is 11.3 Å². The lowest BCUT2D eigenvalue weighted by Crippen LogP contribution is -2.24. The van der Waals surface area contributed by atoms with E-state index >= 15 is 0 Å². The minimum absolute atomic E-state index is 0.176. The van der Waals surface area contributed by atoms with Gasteiger partial charge in [-0.1, -0.05) is 35.5 Å². The highest BCUT2D eigenvalue weighted by molar-refractivity contribution is 7.13. The van der Waals surface area contributed by atoms with E-state index in [1.165, 1.54) is 21.3 Å². The van der Waals surface area contributed by atoms with E-state index in [1.807, 2.05) is 18.2 Å². The van der Waals surface area contributed by atoms with Crippen LogP contribution in [0.5, 0.6) is 0 Å². The average molecular weight is 323 g/mol. The van der Waals surface area contributed by atoms with Crippen molar-refractivity contribution in [1.82, 2.24) is 24.8 Å². The van der Waals surface area contributed by atoms with Crippen molar-refractivity contribution in [3.8, 4) is 10.4 Å². The number of hydrogen-bond donors (Lipinski definition) is 0. The first kappa shape index (κ1) is 13.8. The number of benzene rings is 1. The standard InChI is InChI=1S/C16H13N5OS/c1-20-15-13(9-17-20)16(22)21(19-18-15)10-11-4-6-12(7-5-11)14-3-2-8-23-14/h2-9H,10H2,1H3. The van der Waals surface area contributed by atoms with Crippen LogP contribution in [0.3, 0.4) is 0 Å². The van der Waals surface area contributed by atoms with Crippen LogP contribution in [0.4, 0.5) is 0 Å². The van der Waals surface area contributed by atoms with Crippen molar-refractivity contribution in [1.29, 1.82) is 0 Å². The Kier molecular flexibility index (Phi) is 3.27. The predicted molar refractivity (Wildman–Crippen MR) is 89.4 cm³/mol. The molecule has 7 heteroatoms. The summed E-state index contributed by atoms with van der Waals surface area (Å²) in [5, 5.41) is 14.7. The van der Waals surface area contributed by atoms with E-state index in [1.54, 1.807) is 23.1 Å². The van der Waals surface area contributed by atoms with Crippen molar-refractivity contribution in [2.75, 3.05) is 0 Å². The molecule has 4 aromatic rings. The van der Waals surface area contributed by atoms with Gasteiger partial charge in [-0.05, 0) is 22.6 Å². The van der Waals surface area contributed by atoms with Crippen LogP contribution in [0, 0.1) is 0 Å². The van der Waals surface area contributed by atoms with Gasteiger partial charge in [0.05, 0.1) is 12.7 Å². The molecule has 0 fully saturated rings. The minimum Gasteiger partial charge on any atom is -0.267 e. The Bertz CT molecular complexity index is 1010. The number of nitrogens with zero attached hydrogens (tertiary/aromatic N) is 5. The molecule has 0 aliphatic carbocycles. The molecule has 0 saturated heterocycles. The van der Waals surface area contributed by atoms with Crippen molar-refractivity contribution in [2.24, 2.45) is 7.05 Å². The summed E-state index contributed by atoms with van der Waals surface area (Å²) < 4.78 is 2.91. The third-order valence-corrected chi connectivity index (χ3v) is 4.63. The fourth-order valence-electron chi connectivity index (χ4n) is 2.47. The van der Waals surface area contributed by atoms with Gasteiger partial charge >= 0.3 is 0 Å². The van der Waals surface area contributed by atoms with E-state index < -0.39 is 0 Å². The first-order chi connectivity index (χ1) is 11.2. The van der Waals surface area contributed by atoms with Crippen molar-refractivity contribution in [3.63, 3.8) is 0 Å². The number of hydrogen-bond acceptors (Lipinski definition) is 5. The summed E-state index contributed by atoms with van der Waals surface area (Å²) >= 11 is 1.71. The fraction of sp³-hybridized carbons (Fsp3) is 0.125. The van der Waals surface area contributed by atoms with Gasteiger partial charge in [0.1, 0.15) is 5.39 Å². The lowest BCUT2D eigenvalue weighted by molar-refractivity contribution is 0.595. The molecule has 0 N–H and O–H groups in total. The Labute approximate surface area is 135 Å². The monoisotopic (exact) mass is 323 g/mol. The molecule has 0 radical (unpaired) electrons. The van der Waals surface area contributed by atoms with Crippen LogP contribution in [0.1, 0.15) is 5.56 Å². The molecule has 6 nitrogen and oxygen atoms in total. The van der Waals surface area contributed by atoms with Gasteiger partial charge in [-0.2, -0.15) is 5.10 Å². The zero-order valence-corrected chi connectivity index (χ0v) is 13.2. The summed E-state index contributed by atoms with van der Waals surface area (Å²) in [5.41, 5.74) is 2.50. The van der Waals surface area contributed by atoms with Crippen molar-refractivity contribution in [3.05, 3.63) is 63.9 Å². The third-order valence-electron chi connectivity index (χ3n) is 3.71. The van der Waals surface area contributed by atoms with Crippen LogP contribution < -0.4 is 5.56 Å². The minimum atomic E-state index is -0.176. The number of fused-ring (bicyclic) bond motifs is 1. The molecule has 1 aromatic carbocycles.